The molecule has 0 saturated carbocycles. The fraction of sp³-hybridized carbons (Fsp3) is 0.400. The summed E-state index contributed by atoms with van der Waals surface area (Å²) < 4.78 is 0. The van der Waals surface area contributed by atoms with Gasteiger partial charge in [0.25, 0.3) is 0 Å². The minimum Gasteiger partial charge on any atom is -0.383 e. The highest BCUT2D eigenvalue weighted by Crippen LogP contribution is 2.33. The van der Waals surface area contributed by atoms with Crippen molar-refractivity contribution >= 4 is 11.3 Å². The van der Waals surface area contributed by atoms with E-state index in [9.17, 15) is 5.11 Å². The van der Waals surface area contributed by atoms with Crippen molar-refractivity contribution in [2.24, 2.45) is 0 Å². The molecule has 1 nitrogen and oxygen atoms in total. The minimum absolute atomic E-state index is 0.458. The molecule has 0 aliphatic heterocycles. The monoisotopic (exact) mass is 180 g/mol. The first-order chi connectivity index (χ1) is 5.81. The van der Waals surface area contributed by atoms with E-state index in [1.165, 1.54) is 29.7 Å². The molecule has 1 atom stereocenters. The van der Waals surface area contributed by atoms with Gasteiger partial charge in [0.2, 0.25) is 0 Å². The summed E-state index contributed by atoms with van der Waals surface area (Å²) in [6.45, 7) is 3.58. The van der Waals surface area contributed by atoms with Gasteiger partial charge in [-0.15, -0.1) is 17.9 Å². The van der Waals surface area contributed by atoms with Gasteiger partial charge in [-0.2, -0.15) is 0 Å². The molecule has 0 saturated heterocycles. The summed E-state index contributed by atoms with van der Waals surface area (Å²) in [5, 5.41) is 9.48. The van der Waals surface area contributed by atoms with Crippen molar-refractivity contribution in [2.45, 2.75) is 25.4 Å². The summed E-state index contributed by atoms with van der Waals surface area (Å²) in [6, 6.07) is 2.12. The molecule has 2 rings (SSSR count). The lowest BCUT2D eigenvalue weighted by Gasteiger charge is -1.99. The number of rotatable bonds is 2. The van der Waals surface area contributed by atoms with Crippen LogP contribution in [-0.4, -0.2) is 5.11 Å². The van der Waals surface area contributed by atoms with Gasteiger partial charge < -0.3 is 5.11 Å². The molecular weight excluding hydrogens is 168 g/mol. The third kappa shape index (κ3) is 1.21. The van der Waals surface area contributed by atoms with Crippen LogP contribution in [0.4, 0.5) is 0 Å². The third-order valence-corrected chi connectivity index (χ3v) is 3.59. The molecule has 1 aromatic rings. The summed E-state index contributed by atoms with van der Waals surface area (Å²) in [7, 11) is 0. The van der Waals surface area contributed by atoms with E-state index in [1.807, 2.05) is 0 Å². The van der Waals surface area contributed by atoms with Crippen molar-refractivity contribution in [3.8, 4) is 0 Å². The van der Waals surface area contributed by atoms with E-state index in [4.69, 9.17) is 0 Å². The fourth-order valence-corrected chi connectivity index (χ4v) is 2.86. The smallest absolute Gasteiger partial charge is 0.106 e. The molecule has 0 radical (unpaired) electrons. The van der Waals surface area contributed by atoms with Gasteiger partial charge in [0.15, 0.2) is 0 Å². The minimum atomic E-state index is -0.458. The van der Waals surface area contributed by atoms with Crippen LogP contribution >= 0.6 is 11.3 Å². The molecule has 1 unspecified atom stereocenters. The zero-order chi connectivity index (χ0) is 8.55. The SMILES string of the molecule is C=CC(O)c1cc2c(s1)CCC2. The van der Waals surface area contributed by atoms with Gasteiger partial charge >= 0.3 is 0 Å². The molecule has 64 valence electrons. The van der Waals surface area contributed by atoms with Crippen molar-refractivity contribution in [3.63, 3.8) is 0 Å². The van der Waals surface area contributed by atoms with Crippen LogP contribution in [0.5, 0.6) is 0 Å². The van der Waals surface area contributed by atoms with Gasteiger partial charge in [-0.1, -0.05) is 6.08 Å². The Morgan fingerprint density at radius 2 is 2.42 bits per heavy atom. The van der Waals surface area contributed by atoms with Crippen LogP contribution < -0.4 is 0 Å². The molecule has 0 bridgehead atoms. The molecule has 0 aromatic carbocycles. The molecule has 0 fully saturated rings. The zero-order valence-electron chi connectivity index (χ0n) is 6.92. The average Bonchev–Trinajstić information content (AvgIpc) is 2.60. The third-order valence-electron chi connectivity index (χ3n) is 2.28. The maximum atomic E-state index is 9.48. The first-order valence-electron chi connectivity index (χ1n) is 4.23. The van der Waals surface area contributed by atoms with Crippen LogP contribution in [0.2, 0.25) is 0 Å². The Balaban J connectivity index is 2.30. The first kappa shape index (κ1) is 8.02. The van der Waals surface area contributed by atoms with E-state index >= 15 is 0 Å². The fourth-order valence-electron chi connectivity index (χ4n) is 1.61. The second kappa shape index (κ2) is 3.04. The predicted molar refractivity (Wildman–Crippen MR) is 51.5 cm³/mol. The molecule has 1 aliphatic rings. The number of hydrogen-bond acceptors (Lipinski definition) is 2. The molecule has 1 aromatic heterocycles. The Hall–Kier alpha value is -0.600. The van der Waals surface area contributed by atoms with E-state index in [0.717, 1.165) is 4.88 Å². The van der Waals surface area contributed by atoms with Gasteiger partial charge in [0, 0.05) is 9.75 Å². The van der Waals surface area contributed by atoms with Crippen molar-refractivity contribution in [1.82, 2.24) is 0 Å². The summed E-state index contributed by atoms with van der Waals surface area (Å²) in [6.07, 6.45) is 4.80. The summed E-state index contributed by atoms with van der Waals surface area (Å²) >= 11 is 1.73. The van der Waals surface area contributed by atoms with Crippen molar-refractivity contribution < 1.29 is 5.11 Å². The quantitative estimate of drug-likeness (QED) is 0.693. The van der Waals surface area contributed by atoms with Crippen molar-refractivity contribution in [2.75, 3.05) is 0 Å². The average molecular weight is 180 g/mol. The van der Waals surface area contributed by atoms with E-state index in [-0.39, 0.29) is 0 Å². The number of aryl methyl sites for hydroxylation is 2. The molecule has 1 N–H and O–H groups in total. The highest BCUT2D eigenvalue weighted by Gasteiger charge is 2.16. The highest BCUT2D eigenvalue weighted by molar-refractivity contribution is 7.12. The van der Waals surface area contributed by atoms with E-state index in [1.54, 1.807) is 17.4 Å². The van der Waals surface area contributed by atoms with E-state index in [0.29, 0.717) is 0 Å². The van der Waals surface area contributed by atoms with Gasteiger partial charge in [-0.05, 0) is 30.9 Å². The second-order valence-electron chi connectivity index (χ2n) is 3.13. The Labute approximate surface area is 76.4 Å². The maximum Gasteiger partial charge on any atom is 0.106 e. The summed E-state index contributed by atoms with van der Waals surface area (Å²) in [4.78, 5) is 2.51. The van der Waals surface area contributed by atoms with Gasteiger partial charge in [-0.3, -0.25) is 0 Å². The van der Waals surface area contributed by atoms with Crippen molar-refractivity contribution in [3.05, 3.63) is 34.0 Å². The second-order valence-corrected chi connectivity index (χ2v) is 4.30. The molecule has 1 heterocycles. The normalized spacial score (nSPS) is 17.4. The molecular formula is C10H12OS. The number of aliphatic hydroxyl groups excluding tert-OH is 1. The van der Waals surface area contributed by atoms with Gasteiger partial charge in [0.1, 0.15) is 6.10 Å². The predicted octanol–water partition coefficient (Wildman–Crippen LogP) is 2.46. The van der Waals surface area contributed by atoms with Gasteiger partial charge in [0.05, 0.1) is 0 Å². The number of hydrogen-bond donors (Lipinski definition) is 1. The topological polar surface area (TPSA) is 20.2 Å². The maximum absolute atomic E-state index is 9.48. The number of thiophene rings is 1. The standard InChI is InChI=1S/C10H12OS/c1-2-8(11)10-6-7-4-3-5-9(7)12-10/h2,6,8,11H,1,3-5H2. The molecule has 0 amide bonds. The Kier molecular flexibility index (Phi) is 2.03. The Bertz CT molecular complexity index is 279. The molecule has 2 heteroatoms. The molecule has 12 heavy (non-hydrogen) atoms. The zero-order valence-corrected chi connectivity index (χ0v) is 7.73. The lowest BCUT2D eigenvalue weighted by atomic mass is 10.2. The van der Waals surface area contributed by atoms with Gasteiger partial charge in [-0.25, -0.2) is 0 Å². The lowest BCUT2D eigenvalue weighted by molar-refractivity contribution is 0.233. The molecule has 0 spiro atoms. The lowest BCUT2D eigenvalue weighted by Crippen LogP contribution is -1.87. The Morgan fingerprint density at radius 3 is 3.08 bits per heavy atom. The largest absolute Gasteiger partial charge is 0.383 e. The van der Waals surface area contributed by atoms with Crippen LogP contribution in [0.1, 0.15) is 27.8 Å². The van der Waals surface area contributed by atoms with Crippen LogP contribution in [0, 0.1) is 0 Å². The first-order valence-corrected chi connectivity index (χ1v) is 5.05. The van der Waals surface area contributed by atoms with Crippen LogP contribution in [0.3, 0.4) is 0 Å². The highest BCUT2D eigenvalue weighted by atomic mass is 32.1. The van der Waals surface area contributed by atoms with Crippen LogP contribution in [0.15, 0.2) is 18.7 Å². The van der Waals surface area contributed by atoms with E-state index in [2.05, 4.69) is 12.6 Å². The van der Waals surface area contributed by atoms with E-state index < -0.39 is 6.10 Å². The summed E-state index contributed by atoms with van der Waals surface area (Å²) in [5.74, 6) is 0. The number of aliphatic hydroxyl groups is 1. The van der Waals surface area contributed by atoms with Crippen LogP contribution in [-0.2, 0) is 12.8 Å². The van der Waals surface area contributed by atoms with Crippen molar-refractivity contribution in [1.29, 1.82) is 0 Å². The Morgan fingerprint density at radius 1 is 1.58 bits per heavy atom. The molecule has 1 aliphatic carbocycles. The van der Waals surface area contributed by atoms with Crippen LogP contribution in [0.25, 0.3) is 0 Å². The number of fused-ring (bicyclic) bond motifs is 1. The summed E-state index contributed by atoms with van der Waals surface area (Å²) in [5.41, 5.74) is 1.44.